The Morgan fingerprint density at radius 3 is 2.67 bits per heavy atom. The summed E-state index contributed by atoms with van der Waals surface area (Å²) in [6.45, 7) is 2.50. The smallest absolute Gasteiger partial charge is 0.226 e. The summed E-state index contributed by atoms with van der Waals surface area (Å²) >= 11 is 5.66. The first kappa shape index (κ1) is 20.1. The van der Waals surface area contributed by atoms with Gasteiger partial charge in [0.05, 0.1) is 17.8 Å². The van der Waals surface area contributed by atoms with Crippen LogP contribution in [0, 0.1) is 6.92 Å². The van der Waals surface area contributed by atoms with Crippen molar-refractivity contribution in [1.29, 1.82) is 0 Å². The molecule has 3 aromatic rings. The molecule has 1 aliphatic heterocycles. The third kappa shape index (κ3) is 4.07. The second-order valence-corrected chi connectivity index (χ2v) is 7.86. The van der Waals surface area contributed by atoms with Crippen LogP contribution in [0.25, 0.3) is 0 Å². The van der Waals surface area contributed by atoms with Gasteiger partial charge in [-0.05, 0) is 55.0 Å². The number of amides is 1. The van der Waals surface area contributed by atoms with E-state index in [-0.39, 0.29) is 18.0 Å². The van der Waals surface area contributed by atoms with Crippen molar-refractivity contribution in [2.45, 2.75) is 25.4 Å². The molecule has 2 aromatic heterocycles. The molecular weight excluding hydrogens is 394 g/mol. The van der Waals surface area contributed by atoms with E-state index in [4.69, 9.17) is 12.2 Å². The lowest BCUT2D eigenvalue weighted by Crippen LogP contribution is -2.33. The van der Waals surface area contributed by atoms with Crippen LogP contribution in [0.2, 0.25) is 0 Å². The van der Waals surface area contributed by atoms with Crippen molar-refractivity contribution >= 4 is 28.9 Å². The van der Waals surface area contributed by atoms with Gasteiger partial charge in [0.25, 0.3) is 0 Å². The Balaban J connectivity index is 1.53. The van der Waals surface area contributed by atoms with Crippen LogP contribution in [0.5, 0.6) is 0 Å². The standard InChI is InChI=1S/C23H25N5OS/c1-16-8-3-4-9-17(16)25-20(29)12-15-28-22(19-11-7-14-27(19)2)21(26-23(28)30)18-10-5-6-13-24-18/h3-11,13-14,21-22H,12,15H2,1-2H3,(H,25,29)(H,26,30)/t21-,22-/m0/s1. The van der Waals surface area contributed by atoms with Crippen LogP contribution in [-0.2, 0) is 11.8 Å². The lowest BCUT2D eigenvalue weighted by molar-refractivity contribution is -0.116. The molecule has 0 radical (unpaired) electrons. The van der Waals surface area contributed by atoms with Gasteiger partial charge >= 0.3 is 0 Å². The summed E-state index contributed by atoms with van der Waals surface area (Å²) in [6, 6.07) is 17.7. The summed E-state index contributed by atoms with van der Waals surface area (Å²) < 4.78 is 2.09. The third-order valence-corrected chi connectivity index (χ3v) is 5.84. The molecule has 0 aliphatic carbocycles. The molecule has 30 heavy (non-hydrogen) atoms. The van der Waals surface area contributed by atoms with E-state index < -0.39 is 0 Å². The number of carbonyl (C=O) groups is 1. The lowest BCUT2D eigenvalue weighted by atomic mass is 10.0. The Labute approximate surface area is 181 Å². The van der Waals surface area contributed by atoms with Crippen molar-refractivity contribution < 1.29 is 4.79 Å². The highest BCUT2D eigenvalue weighted by molar-refractivity contribution is 7.80. The SMILES string of the molecule is Cc1ccccc1NC(=O)CCN1C(=S)N[C@@H](c2ccccn2)[C@@H]1c1cccn1C. The van der Waals surface area contributed by atoms with Crippen molar-refractivity contribution in [3.8, 4) is 0 Å². The van der Waals surface area contributed by atoms with Gasteiger partial charge in [-0.15, -0.1) is 0 Å². The van der Waals surface area contributed by atoms with E-state index in [0.29, 0.717) is 18.1 Å². The monoisotopic (exact) mass is 419 g/mol. The fourth-order valence-electron chi connectivity index (χ4n) is 3.90. The normalized spacial score (nSPS) is 18.3. The summed E-state index contributed by atoms with van der Waals surface area (Å²) in [4.78, 5) is 19.3. The van der Waals surface area contributed by atoms with Crippen LogP contribution < -0.4 is 10.6 Å². The molecule has 1 fully saturated rings. The summed E-state index contributed by atoms with van der Waals surface area (Å²) in [5, 5.41) is 7.06. The molecule has 0 bridgehead atoms. The van der Waals surface area contributed by atoms with Crippen LogP contribution in [0.3, 0.4) is 0 Å². The number of nitrogens with zero attached hydrogens (tertiary/aromatic N) is 3. The Bertz CT molecular complexity index is 1050. The van der Waals surface area contributed by atoms with E-state index in [9.17, 15) is 4.79 Å². The van der Waals surface area contributed by atoms with E-state index in [1.165, 1.54) is 0 Å². The van der Waals surface area contributed by atoms with E-state index in [1.807, 2.05) is 68.7 Å². The molecule has 0 spiro atoms. The number of nitrogens with one attached hydrogen (secondary N) is 2. The predicted octanol–water partition coefficient (Wildman–Crippen LogP) is 3.73. The van der Waals surface area contributed by atoms with Crippen LogP contribution in [-0.4, -0.2) is 32.0 Å². The molecule has 0 unspecified atom stereocenters. The highest BCUT2D eigenvalue weighted by Crippen LogP contribution is 2.38. The van der Waals surface area contributed by atoms with Gasteiger partial charge in [0.1, 0.15) is 0 Å². The zero-order chi connectivity index (χ0) is 21.1. The van der Waals surface area contributed by atoms with Gasteiger partial charge in [0, 0.05) is 43.8 Å². The first-order valence-electron chi connectivity index (χ1n) is 9.99. The molecule has 3 heterocycles. The Hall–Kier alpha value is -3.19. The number of aromatic nitrogens is 2. The summed E-state index contributed by atoms with van der Waals surface area (Å²) in [5.41, 5.74) is 3.94. The van der Waals surface area contributed by atoms with Gasteiger partial charge in [-0.1, -0.05) is 24.3 Å². The average Bonchev–Trinajstić information content (AvgIpc) is 3.31. The van der Waals surface area contributed by atoms with E-state index in [1.54, 1.807) is 6.20 Å². The number of carbonyl (C=O) groups excluding carboxylic acids is 1. The quantitative estimate of drug-likeness (QED) is 0.596. The van der Waals surface area contributed by atoms with E-state index >= 15 is 0 Å². The first-order valence-corrected chi connectivity index (χ1v) is 10.4. The number of hydrogen-bond donors (Lipinski definition) is 2. The van der Waals surface area contributed by atoms with Gasteiger partial charge in [-0.3, -0.25) is 9.78 Å². The largest absolute Gasteiger partial charge is 0.353 e. The molecule has 0 saturated carbocycles. The number of pyridine rings is 1. The van der Waals surface area contributed by atoms with Gasteiger partial charge < -0.3 is 20.1 Å². The Morgan fingerprint density at radius 1 is 1.17 bits per heavy atom. The van der Waals surface area contributed by atoms with Gasteiger partial charge in [0.2, 0.25) is 5.91 Å². The average molecular weight is 420 g/mol. The minimum atomic E-state index is -0.0771. The van der Waals surface area contributed by atoms with Crippen molar-refractivity contribution in [3.05, 3.63) is 83.9 Å². The zero-order valence-electron chi connectivity index (χ0n) is 17.1. The lowest BCUT2D eigenvalue weighted by Gasteiger charge is -2.28. The highest BCUT2D eigenvalue weighted by Gasteiger charge is 2.40. The van der Waals surface area contributed by atoms with Crippen molar-refractivity contribution in [3.63, 3.8) is 0 Å². The second-order valence-electron chi connectivity index (χ2n) is 7.48. The summed E-state index contributed by atoms with van der Waals surface area (Å²) in [7, 11) is 2.02. The third-order valence-electron chi connectivity index (χ3n) is 5.48. The predicted molar refractivity (Wildman–Crippen MR) is 122 cm³/mol. The summed E-state index contributed by atoms with van der Waals surface area (Å²) in [6.07, 6.45) is 4.15. The Kier molecular flexibility index (Phi) is 5.81. The molecule has 1 aromatic carbocycles. The number of para-hydroxylation sites is 1. The number of benzene rings is 1. The van der Waals surface area contributed by atoms with Crippen molar-refractivity contribution in [1.82, 2.24) is 19.8 Å². The van der Waals surface area contributed by atoms with Crippen LogP contribution in [0.15, 0.2) is 67.0 Å². The molecule has 2 atom stereocenters. The molecule has 1 amide bonds. The number of hydrogen-bond acceptors (Lipinski definition) is 3. The minimum Gasteiger partial charge on any atom is -0.353 e. The Morgan fingerprint density at radius 2 is 1.97 bits per heavy atom. The number of thiocarbonyl (C=S) groups is 1. The second kappa shape index (κ2) is 8.67. The number of aryl methyl sites for hydroxylation is 2. The van der Waals surface area contributed by atoms with Crippen molar-refractivity contribution in [2.75, 3.05) is 11.9 Å². The highest BCUT2D eigenvalue weighted by atomic mass is 32.1. The zero-order valence-corrected chi connectivity index (χ0v) is 17.9. The molecule has 1 saturated heterocycles. The fraction of sp³-hybridized carbons (Fsp3) is 0.261. The first-order chi connectivity index (χ1) is 14.5. The molecule has 154 valence electrons. The molecule has 1 aliphatic rings. The van der Waals surface area contributed by atoms with Crippen LogP contribution >= 0.6 is 12.2 Å². The number of anilines is 1. The van der Waals surface area contributed by atoms with Gasteiger partial charge in [-0.25, -0.2) is 0 Å². The topological polar surface area (TPSA) is 62.2 Å². The van der Waals surface area contributed by atoms with Gasteiger partial charge in [0.15, 0.2) is 5.11 Å². The molecular formula is C23H25N5OS. The maximum Gasteiger partial charge on any atom is 0.226 e. The molecule has 6 nitrogen and oxygen atoms in total. The van der Waals surface area contributed by atoms with Gasteiger partial charge in [-0.2, -0.15) is 0 Å². The number of rotatable bonds is 6. The van der Waals surface area contributed by atoms with Crippen LogP contribution in [0.4, 0.5) is 5.69 Å². The van der Waals surface area contributed by atoms with E-state index in [2.05, 4.69) is 31.2 Å². The maximum absolute atomic E-state index is 12.6. The molecule has 7 heteroatoms. The molecule has 2 N–H and O–H groups in total. The fourth-order valence-corrected chi connectivity index (χ4v) is 4.23. The minimum absolute atomic E-state index is 0.0287. The van der Waals surface area contributed by atoms with Crippen LogP contribution in [0.1, 0.15) is 35.5 Å². The molecule has 4 rings (SSSR count). The summed E-state index contributed by atoms with van der Waals surface area (Å²) in [5.74, 6) is -0.0287. The maximum atomic E-state index is 12.6. The van der Waals surface area contributed by atoms with Crippen molar-refractivity contribution in [2.24, 2.45) is 7.05 Å². The van der Waals surface area contributed by atoms with E-state index in [0.717, 1.165) is 22.6 Å².